The van der Waals surface area contributed by atoms with E-state index >= 15 is 0 Å². The van der Waals surface area contributed by atoms with E-state index < -0.39 is 0 Å². The van der Waals surface area contributed by atoms with Crippen molar-refractivity contribution in [1.82, 2.24) is 4.90 Å². The molecule has 0 aliphatic heterocycles. The number of methoxy groups -OCH3 is 1. The van der Waals surface area contributed by atoms with Gasteiger partial charge in [-0.3, -0.25) is 9.69 Å². The van der Waals surface area contributed by atoms with Gasteiger partial charge in [-0.1, -0.05) is 6.92 Å². The smallest absolute Gasteiger partial charge is 0.176 e. The van der Waals surface area contributed by atoms with E-state index in [1.54, 1.807) is 7.11 Å². The minimum atomic E-state index is 0.144. The largest absolute Gasteiger partial charge is 0.496 e. The molecule has 106 valence electrons. The van der Waals surface area contributed by atoms with Crippen molar-refractivity contribution >= 4 is 21.7 Å². The van der Waals surface area contributed by atoms with Crippen molar-refractivity contribution in [2.75, 3.05) is 20.2 Å². The molecule has 0 aliphatic rings. The fourth-order valence-electron chi connectivity index (χ4n) is 1.92. The molecule has 3 nitrogen and oxygen atoms in total. The lowest BCUT2D eigenvalue weighted by Crippen LogP contribution is -2.36. The number of nitrogens with zero attached hydrogens (tertiary/aromatic N) is 1. The van der Waals surface area contributed by atoms with E-state index in [1.165, 1.54) is 0 Å². The average Bonchev–Trinajstić information content (AvgIpc) is 2.37. The summed E-state index contributed by atoms with van der Waals surface area (Å²) < 4.78 is 5.98. The molecule has 0 aromatic heterocycles. The molecular weight excluding hydrogens is 306 g/mol. The Morgan fingerprint density at radius 3 is 2.58 bits per heavy atom. The zero-order chi connectivity index (χ0) is 14.4. The highest BCUT2D eigenvalue weighted by atomic mass is 79.9. The molecule has 4 heteroatoms. The number of benzene rings is 1. The van der Waals surface area contributed by atoms with Crippen LogP contribution in [0.2, 0.25) is 0 Å². The standard InChI is InChI=1S/C15H22BrNO2/c1-5-8-17(11(2)3)10-14(18)12-6-7-15(19-4)13(16)9-12/h6-7,9,11H,5,8,10H2,1-4H3. The zero-order valence-electron chi connectivity index (χ0n) is 12.1. The van der Waals surface area contributed by atoms with Crippen LogP contribution in [-0.4, -0.2) is 36.9 Å². The molecule has 0 amide bonds. The molecule has 0 aliphatic carbocycles. The molecule has 0 bridgehead atoms. The summed E-state index contributed by atoms with van der Waals surface area (Å²) in [6.07, 6.45) is 1.05. The molecule has 0 radical (unpaired) electrons. The Morgan fingerprint density at radius 2 is 2.11 bits per heavy atom. The van der Waals surface area contributed by atoms with Crippen LogP contribution in [0.4, 0.5) is 0 Å². The monoisotopic (exact) mass is 327 g/mol. The third kappa shape index (κ3) is 4.62. The second-order valence-corrected chi connectivity index (χ2v) is 5.69. The maximum absolute atomic E-state index is 12.3. The number of hydrogen-bond donors (Lipinski definition) is 0. The van der Waals surface area contributed by atoms with Crippen LogP contribution in [0.5, 0.6) is 5.75 Å². The number of ether oxygens (including phenoxy) is 1. The summed E-state index contributed by atoms with van der Waals surface area (Å²) in [5, 5.41) is 0. The van der Waals surface area contributed by atoms with Gasteiger partial charge in [0.1, 0.15) is 5.75 Å². The van der Waals surface area contributed by atoms with Crippen LogP contribution in [0.3, 0.4) is 0 Å². The predicted octanol–water partition coefficient (Wildman–Crippen LogP) is 3.76. The van der Waals surface area contributed by atoms with Crippen LogP contribution in [0.1, 0.15) is 37.6 Å². The molecule has 1 aromatic rings. The topological polar surface area (TPSA) is 29.5 Å². The van der Waals surface area contributed by atoms with Gasteiger partial charge in [-0.25, -0.2) is 0 Å². The highest BCUT2D eigenvalue weighted by Crippen LogP contribution is 2.25. The van der Waals surface area contributed by atoms with E-state index in [4.69, 9.17) is 4.74 Å². The SMILES string of the molecule is CCCN(CC(=O)c1ccc(OC)c(Br)c1)C(C)C. The summed E-state index contributed by atoms with van der Waals surface area (Å²) in [5.41, 5.74) is 0.717. The van der Waals surface area contributed by atoms with E-state index in [2.05, 4.69) is 41.6 Å². The lowest BCUT2D eigenvalue weighted by molar-refractivity contribution is 0.0906. The summed E-state index contributed by atoms with van der Waals surface area (Å²) in [4.78, 5) is 14.5. The number of hydrogen-bond acceptors (Lipinski definition) is 3. The lowest BCUT2D eigenvalue weighted by Gasteiger charge is -2.25. The van der Waals surface area contributed by atoms with E-state index in [9.17, 15) is 4.79 Å². The van der Waals surface area contributed by atoms with Gasteiger partial charge in [0.25, 0.3) is 0 Å². The van der Waals surface area contributed by atoms with Crippen LogP contribution in [0.25, 0.3) is 0 Å². The predicted molar refractivity (Wildman–Crippen MR) is 82.0 cm³/mol. The van der Waals surface area contributed by atoms with Gasteiger partial charge in [0.15, 0.2) is 5.78 Å². The summed E-state index contributed by atoms with van der Waals surface area (Å²) in [5.74, 6) is 0.885. The van der Waals surface area contributed by atoms with Gasteiger partial charge in [0.2, 0.25) is 0 Å². The maximum Gasteiger partial charge on any atom is 0.176 e. The molecule has 19 heavy (non-hydrogen) atoms. The number of carbonyl (C=O) groups excluding carboxylic acids is 1. The number of halogens is 1. The Hall–Kier alpha value is -0.870. The van der Waals surface area contributed by atoms with Crippen molar-refractivity contribution < 1.29 is 9.53 Å². The van der Waals surface area contributed by atoms with Gasteiger partial charge in [-0.15, -0.1) is 0 Å². The molecule has 0 heterocycles. The normalized spacial score (nSPS) is 11.1. The first-order valence-corrected chi connectivity index (χ1v) is 7.39. The quantitative estimate of drug-likeness (QED) is 0.714. The summed E-state index contributed by atoms with van der Waals surface area (Å²) >= 11 is 3.41. The molecule has 1 rings (SSSR count). The van der Waals surface area contributed by atoms with Crippen LogP contribution in [0.15, 0.2) is 22.7 Å². The van der Waals surface area contributed by atoms with Crippen LogP contribution >= 0.6 is 15.9 Å². The van der Waals surface area contributed by atoms with Gasteiger partial charge in [0, 0.05) is 11.6 Å². The lowest BCUT2D eigenvalue weighted by atomic mass is 10.1. The van der Waals surface area contributed by atoms with E-state index in [0.29, 0.717) is 12.6 Å². The van der Waals surface area contributed by atoms with Crippen LogP contribution in [-0.2, 0) is 0 Å². The Bertz CT molecular complexity index is 432. The molecule has 0 spiro atoms. The van der Waals surface area contributed by atoms with Crippen molar-refractivity contribution in [1.29, 1.82) is 0 Å². The molecule has 0 saturated carbocycles. The highest BCUT2D eigenvalue weighted by Gasteiger charge is 2.15. The van der Waals surface area contributed by atoms with E-state index in [0.717, 1.165) is 28.8 Å². The first-order chi connectivity index (χ1) is 8.99. The number of Topliss-reactive ketones (excluding diaryl/α,β-unsaturated/α-hetero) is 1. The van der Waals surface area contributed by atoms with Gasteiger partial charge in [0.05, 0.1) is 18.1 Å². The second kappa shape index (κ2) is 7.65. The fraction of sp³-hybridized carbons (Fsp3) is 0.533. The molecular formula is C15H22BrNO2. The van der Waals surface area contributed by atoms with Crippen LogP contribution < -0.4 is 4.74 Å². The van der Waals surface area contributed by atoms with Crippen LogP contribution in [0, 0.1) is 0 Å². The molecule has 0 unspecified atom stereocenters. The van der Waals surface area contributed by atoms with E-state index in [1.807, 2.05) is 18.2 Å². The number of carbonyl (C=O) groups is 1. The Labute approximate surface area is 124 Å². The third-order valence-corrected chi connectivity index (χ3v) is 3.68. The molecule has 0 N–H and O–H groups in total. The summed E-state index contributed by atoms with van der Waals surface area (Å²) in [6, 6.07) is 5.84. The number of ketones is 1. The molecule has 0 atom stereocenters. The maximum atomic E-state index is 12.3. The minimum absolute atomic E-state index is 0.144. The first kappa shape index (κ1) is 16.2. The Kier molecular flexibility index (Phi) is 6.52. The fourth-order valence-corrected chi connectivity index (χ4v) is 2.46. The zero-order valence-corrected chi connectivity index (χ0v) is 13.7. The molecule has 0 fully saturated rings. The van der Waals surface area contributed by atoms with Crippen molar-refractivity contribution in [3.8, 4) is 5.75 Å². The second-order valence-electron chi connectivity index (χ2n) is 4.84. The molecule has 0 saturated heterocycles. The van der Waals surface area contributed by atoms with Crippen molar-refractivity contribution in [2.24, 2.45) is 0 Å². The van der Waals surface area contributed by atoms with Gasteiger partial charge < -0.3 is 4.74 Å². The van der Waals surface area contributed by atoms with Gasteiger partial charge in [-0.05, 0) is 60.9 Å². The van der Waals surface area contributed by atoms with Crippen molar-refractivity contribution in [2.45, 2.75) is 33.2 Å². The summed E-state index contributed by atoms with van der Waals surface area (Å²) in [7, 11) is 1.61. The Morgan fingerprint density at radius 1 is 1.42 bits per heavy atom. The van der Waals surface area contributed by atoms with Crippen molar-refractivity contribution in [3.05, 3.63) is 28.2 Å². The summed E-state index contributed by atoms with van der Waals surface area (Å²) in [6.45, 7) is 7.77. The third-order valence-electron chi connectivity index (χ3n) is 3.06. The van der Waals surface area contributed by atoms with Gasteiger partial charge >= 0.3 is 0 Å². The first-order valence-electron chi connectivity index (χ1n) is 6.60. The highest BCUT2D eigenvalue weighted by molar-refractivity contribution is 9.10. The average molecular weight is 328 g/mol. The number of rotatable bonds is 7. The molecule has 1 aromatic carbocycles. The minimum Gasteiger partial charge on any atom is -0.496 e. The van der Waals surface area contributed by atoms with Crippen molar-refractivity contribution in [3.63, 3.8) is 0 Å². The van der Waals surface area contributed by atoms with Gasteiger partial charge in [-0.2, -0.15) is 0 Å². The Balaban J connectivity index is 2.79. The van der Waals surface area contributed by atoms with E-state index in [-0.39, 0.29) is 5.78 Å².